The van der Waals surface area contributed by atoms with Gasteiger partial charge in [-0.25, -0.2) is 9.67 Å². The molecule has 0 bridgehead atoms. The van der Waals surface area contributed by atoms with Crippen LogP contribution in [0.25, 0.3) is 21.6 Å². The second kappa shape index (κ2) is 9.60. The fraction of sp³-hybridized carbons (Fsp3) is 0.478. The molecule has 0 spiro atoms. The topological polar surface area (TPSA) is 88.9 Å². The Hall–Kier alpha value is -2.74. The Kier molecular flexibility index (Phi) is 6.65. The van der Waals surface area contributed by atoms with E-state index in [1.165, 1.54) is 6.42 Å². The molecule has 0 unspecified atom stereocenters. The highest BCUT2D eigenvalue weighted by Crippen LogP contribution is 2.29. The van der Waals surface area contributed by atoms with E-state index < -0.39 is 0 Å². The van der Waals surface area contributed by atoms with Crippen LogP contribution in [-0.2, 0) is 4.79 Å². The lowest BCUT2D eigenvalue weighted by Crippen LogP contribution is -2.38. The number of carbonyl (C=O) groups excluding carboxylic acids is 2. The van der Waals surface area contributed by atoms with Crippen molar-refractivity contribution < 1.29 is 9.59 Å². The Morgan fingerprint density at radius 3 is 2.68 bits per heavy atom. The van der Waals surface area contributed by atoms with E-state index in [9.17, 15) is 9.59 Å². The van der Waals surface area contributed by atoms with Crippen LogP contribution in [-0.4, -0.2) is 39.7 Å². The first kappa shape index (κ1) is 21.5. The van der Waals surface area contributed by atoms with Gasteiger partial charge >= 0.3 is 0 Å². The van der Waals surface area contributed by atoms with Crippen LogP contribution in [0.4, 0.5) is 0 Å². The van der Waals surface area contributed by atoms with Crippen molar-refractivity contribution in [2.75, 3.05) is 13.1 Å². The molecule has 0 radical (unpaired) electrons. The van der Waals surface area contributed by atoms with Crippen molar-refractivity contribution in [2.24, 2.45) is 5.92 Å². The molecule has 0 atom stereocenters. The third-order valence-electron chi connectivity index (χ3n) is 5.76. The summed E-state index contributed by atoms with van der Waals surface area (Å²) in [6, 6.07) is 5.93. The number of rotatable bonds is 7. The SMILES string of the molecule is CC(C)n1ncc2c(C(=O)NCCNC(=O)C3CCCCC3)cc(-c3cccs3)nc21. The van der Waals surface area contributed by atoms with Crippen molar-refractivity contribution in [3.05, 3.63) is 35.3 Å². The fourth-order valence-electron chi connectivity index (χ4n) is 4.10. The third-order valence-corrected chi connectivity index (χ3v) is 6.65. The Morgan fingerprint density at radius 1 is 1.19 bits per heavy atom. The maximum atomic E-state index is 13.0. The first-order valence-corrected chi connectivity index (χ1v) is 11.9. The van der Waals surface area contributed by atoms with E-state index in [-0.39, 0.29) is 23.8 Å². The standard InChI is InChI=1S/C23H29N5O2S/c1-15(2)28-21-18(14-26-28)17(13-19(27-21)20-9-6-12-31-20)23(30)25-11-10-24-22(29)16-7-4-3-5-8-16/h6,9,12-16H,3-5,7-8,10-11H2,1-2H3,(H,24,29)(H,25,30). The number of carbonyl (C=O) groups is 2. The van der Waals surface area contributed by atoms with Gasteiger partial charge in [0.15, 0.2) is 5.65 Å². The minimum Gasteiger partial charge on any atom is -0.354 e. The van der Waals surface area contributed by atoms with Crippen LogP contribution in [0.15, 0.2) is 29.8 Å². The van der Waals surface area contributed by atoms with Gasteiger partial charge < -0.3 is 10.6 Å². The molecular weight excluding hydrogens is 410 g/mol. The average Bonchev–Trinajstić information content (AvgIpc) is 3.46. The smallest absolute Gasteiger partial charge is 0.252 e. The number of hydrogen-bond acceptors (Lipinski definition) is 5. The van der Waals surface area contributed by atoms with E-state index in [1.54, 1.807) is 17.5 Å². The highest BCUT2D eigenvalue weighted by Gasteiger charge is 2.21. The van der Waals surface area contributed by atoms with E-state index in [4.69, 9.17) is 4.98 Å². The molecular formula is C23H29N5O2S. The van der Waals surface area contributed by atoms with Crippen molar-refractivity contribution >= 4 is 34.2 Å². The van der Waals surface area contributed by atoms with Crippen molar-refractivity contribution in [2.45, 2.75) is 52.0 Å². The maximum Gasteiger partial charge on any atom is 0.252 e. The van der Waals surface area contributed by atoms with Crippen LogP contribution < -0.4 is 10.6 Å². The van der Waals surface area contributed by atoms with Crippen molar-refractivity contribution in [3.8, 4) is 10.6 Å². The highest BCUT2D eigenvalue weighted by atomic mass is 32.1. The second-order valence-corrected chi connectivity index (χ2v) is 9.28. The van der Waals surface area contributed by atoms with Gasteiger partial charge in [0, 0.05) is 25.0 Å². The molecule has 1 saturated carbocycles. The zero-order valence-electron chi connectivity index (χ0n) is 18.1. The number of aromatic nitrogens is 3. The Morgan fingerprint density at radius 2 is 1.97 bits per heavy atom. The molecule has 3 aromatic rings. The van der Waals surface area contributed by atoms with Gasteiger partial charge in [-0.2, -0.15) is 5.10 Å². The summed E-state index contributed by atoms with van der Waals surface area (Å²) in [6.45, 7) is 4.90. The summed E-state index contributed by atoms with van der Waals surface area (Å²) in [4.78, 5) is 31.1. The van der Waals surface area contributed by atoms with Crippen LogP contribution in [0, 0.1) is 5.92 Å². The third kappa shape index (κ3) is 4.79. The number of fused-ring (bicyclic) bond motifs is 1. The predicted octanol–water partition coefficient (Wildman–Crippen LogP) is 4.17. The number of thiophene rings is 1. The zero-order valence-corrected chi connectivity index (χ0v) is 18.9. The van der Waals surface area contributed by atoms with E-state index >= 15 is 0 Å². The van der Waals surface area contributed by atoms with E-state index in [0.717, 1.165) is 41.6 Å². The molecule has 7 nitrogen and oxygen atoms in total. The largest absolute Gasteiger partial charge is 0.354 e. The lowest BCUT2D eigenvalue weighted by molar-refractivity contribution is -0.125. The van der Waals surface area contributed by atoms with Gasteiger partial charge in [0.2, 0.25) is 5.91 Å². The highest BCUT2D eigenvalue weighted by molar-refractivity contribution is 7.13. The lowest BCUT2D eigenvalue weighted by Gasteiger charge is -2.20. The van der Waals surface area contributed by atoms with Crippen molar-refractivity contribution in [1.29, 1.82) is 0 Å². The van der Waals surface area contributed by atoms with Gasteiger partial charge in [-0.1, -0.05) is 25.3 Å². The van der Waals surface area contributed by atoms with Gasteiger partial charge in [0.05, 0.1) is 27.7 Å². The van der Waals surface area contributed by atoms with Gasteiger partial charge in [-0.3, -0.25) is 9.59 Å². The molecule has 0 aromatic carbocycles. The molecule has 0 aliphatic heterocycles. The molecule has 1 aliphatic rings. The van der Waals surface area contributed by atoms with Crippen molar-refractivity contribution in [1.82, 2.24) is 25.4 Å². The first-order chi connectivity index (χ1) is 15.0. The lowest BCUT2D eigenvalue weighted by atomic mass is 9.89. The number of pyridine rings is 1. The summed E-state index contributed by atoms with van der Waals surface area (Å²) >= 11 is 1.59. The van der Waals surface area contributed by atoms with Gasteiger partial charge in [-0.05, 0) is 44.2 Å². The summed E-state index contributed by atoms with van der Waals surface area (Å²) in [5, 5.41) is 13.1. The molecule has 1 fully saturated rings. The maximum absolute atomic E-state index is 13.0. The van der Waals surface area contributed by atoms with Gasteiger partial charge in [-0.15, -0.1) is 11.3 Å². The van der Waals surface area contributed by atoms with Crippen LogP contribution in [0.3, 0.4) is 0 Å². The van der Waals surface area contributed by atoms with E-state index in [0.29, 0.717) is 24.3 Å². The van der Waals surface area contributed by atoms with Crippen LogP contribution in [0.2, 0.25) is 0 Å². The summed E-state index contributed by atoms with van der Waals surface area (Å²) in [7, 11) is 0. The first-order valence-electron chi connectivity index (χ1n) is 11.0. The van der Waals surface area contributed by atoms with Gasteiger partial charge in [0.1, 0.15) is 0 Å². The minimum atomic E-state index is -0.180. The number of amides is 2. The molecule has 2 amide bonds. The van der Waals surface area contributed by atoms with Gasteiger partial charge in [0.25, 0.3) is 5.91 Å². The molecule has 2 N–H and O–H groups in total. The summed E-state index contributed by atoms with van der Waals surface area (Å²) in [6.07, 6.45) is 7.13. The quantitative estimate of drug-likeness (QED) is 0.541. The minimum absolute atomic E-state index is 0.110. The predicted molar refractivity (Wildman–Crippen MR) is 123 cm³/mol. The summed E-state index contributed by atoms with van der Waals surface area (Å²) in [5.74, 6) is 0.0540. The Balaban J connectivity index is 1.47. The molecule has 1 aliphatic carbocycles. The Bertz CT molecular complexity index is 1050. The van der Waals surface area contributed by atoms with Crippen LogP contribution in [0.1, 0.15) is 62.4 Å². The Labute approximate surface area is 186 Å². The average molecular weight is 440 g/mol. The molecule has 0 saturated heterocycles. The second-order valence-electron chi connectivity index (χ2n) is 8.33. The monoisotopic (exact) mass is 439 g/mol. The fourth-order valence-corrected chi connectivity index (χ4v) is 4.79. The molecule has 3 aromatic heterocycles. The summed E-state index contributed by atoms with van der Waals surface area (Å²) < 4.78 is 1.84. The molecule has 3 heterocycles. The molecule has 164 valence electrons. The molecule has 8 heteroatoms. The number of nitrogens with zero attached hydrogens (tertiary/aromatic N) is 3. The van der Waals surface area contributed by atoms with Crippen LogP contribution >= 0.6 is 11.3 Å². The van der Waals surface area contributed by atoms with E-state index in [1.807, 2.05) is 42.1 Å². The number of nitrogens with one attached hydrogen (secondary N) is 2. The summed E-state index contributed by atoms with van der Waals surface area (Å²) in [5.41, 5.74) is 2.02. The number of hydrogen-bond donors (Lipinski definition) is 2. The van der Waals surface area contributed by atoms with Crippen LogP contribution in [0.5, 0.6) is 0 Å². The zero-order chi connectivity index (χ0) is 21.8. The van der Waals surface area contributed by atoms with E-state index in [2.05, 4.69) is 15.7 Å². The normalized spacial score (nSPS) is 14.8. The van der Waals surface area contributed by atoms with Crippen molar-refractivity contribution in [3.63, 3.8) is 0 Å². The molecule has 31 heavy (non-hydrogen) atoms. The molecule has 4 rings (SSSR count).